The summed E-state index contributed by atoms with van der Waals surface area (Å²) < 4.78 is 37.4. The first kappa shape index (κ1) is 15.3. The van der Waals surface area contributed by atoms with Crippen LogP contribution in [-0.2, 0) is 22.3 Å². The summed E-state index contributed by atoms with van der Waals surface area (Å²) in [5.41, 5.74) is -0.179. The van der Waals surface area contributed by atoms with Gasteiger partial charge in [0.25, 0.3) is 0 Å². The van der Waals surface area contributed by atoms with Gasteiger partial charge in [0.1, 0.15) is 6.04 Å². The Bertz CT molecular complexity index is 540. The van der Waals surface area contributed by atoms with Gasteiger partial charge in [-0.3, -0.25) is 9.59 Å². The number of amides is 2. The Morgan fingerprint density at radius 3 is 2.38 bits per heavy atom. The molecule has 1 heterocycles. The number of hydrogen-bond acceptors (Lipinski definition) is 2. The zero-order chi connectivity index (χ0) is 15.6. The lowest BCUT2D eigenvalue weighted by atomic mass is 10.1. The van der Waals surface area contributed by atoms with Crippen LogP contribution in [0.25, 0.3) is 0 Å². The molecule has 1 aromatic carbocycles. The summed E-state index contributed by atoms with van der Waals surface area (Å²) in [6.45, 7) is 1.84. The molecule has 2 amide bonds. The highest BCUT2D eigenvalue weighted by atomic mass is 19.4. The molecule has 0 radical (unpaired) electrons. The molecule has 1 atom stereocenters. The Morgan fingerprint density at radius 1 is 1.24 bits per heavy atom. The molecule has 114 valence electrons. The molecule has 1 aliphatic rings. The van der Waals surface area contributed by atoms with Crippen molar-refractivity contribution in [2.75, 3.05) is 6.54 Å². The maximum atomic E-state index is 12.5. The van der Waals surface area contributed by atoms with E-state index < -0.39 is 17.8 Å². The van der Waals surface area contributed by atoms with E-state index in [0.29, 0.717) is 12.0 Å². The molecule has 4 nitrogen and oxygen atoms in total. The van der Waals surface area contributed by atoms with Gasteiger partial charge in [-0.2, -0.15) is 13.2 Å². The number of benzene rings is 1. The normalized spacial score (nSPS) is 19.6. The van der Waals surface area contributed by atoms with Gasteiger partial charge in [0, 0.05) is 6.54 Å². The fourth-order valence-corrected chi connectivity index (χ4v) is 2.20. The van der Waals surface area contributed by atoms with Crippen molar-refractivity contribution in [3.05, 3.63) is 35.4 Å². The average Bonchev–Trinajstić information content (AvgIpc) is 2.42. The molecule has 1 N–H and O–H groups in total. The van der Waals surface area contributed by atoms with Gasteiger partial charge < -0.3 is 10.2 Å². The number of alkyl halides is 3. The predicted octanol–water partition coefficient (Wildman–Crippen LogP) is 1.94. The van der Waals surface area contributed by atoms with Crippen molar-refractivity contribution in [3.63, 3.8) is 0 Å². The maximum absolute atomic E-state index is 12.5. The minimum absolute atomic E-state index is 0.0731. The first-order valence-electron chi connectivity index (χ1n) is 6.55. The van der Waals surface area contributed by atoms with Crippen molar-refractivity contribution in [1.82, 2.24) is 10.2 Å². The van der Waals surface area contributed by atoms with Gasteiger partial charge in [0.15, 0.2) is 0 Å². The molecule has 0 spiro atoms. The van der Waals surface area contributed by atoms with E-state index in [4.69, 9.17) is 0 Å². The van der Waals surface area contributed by atoms with Gasteiger partial charge in [0.2, 0.25) is 11.8 Å². The molecule has 1 fully saturated rings. The second-order valence-corrected chi connectivity index (χ2v) is 4.92. The fraction of sp³-hybridized carbons (Fsp3) is 0.429. The van der Waals surface area contributed by atoms with Crippen LogP contribution in [0.5, 0.6) is 0 Å². The number of nitrogens with zero attached hydrogens (tertiary/aromatic N) is 1. The van der Waals surface area contributed by atoms with E-state index in [1.54, 1.807) is 6.92 Å². The molecule has 1 aromatic rings. The molecule has 0 bridgehead atoms. The summed E-state index contributed by atoms with van der Waals surface area (Å²) in [5, 5.41) is 2.58. The van der Waals surface area contributed by atoms with E-state index in [9.17, 15) is 22.8 Å². The maximum Gasteiger partial charge on any atom is 0.416 e. The fourth-order valence-electron chi connectivity index (χ4n) is 2.20. The van der Waals surface area contributed by atoms with Gasteiger partial charge in [-0.15, -0.1) is 0 Å². The van der Waals surface area contributed by atoms with Gasteiger partial charge in [-0.1, -0.05) is 19.1 Å². The summed E-state index contributed by atoms with van der Waals surface area (Å²) in [6.07, 6.45) is -3.90. The molecule has 0 saturated carbocycles. The number of carbonyl (C=O) groups excluding carboxylic acids is 2. The van der Waals surface area contributed by atoms with Crippen molar-refractivity contribution in [2.24, 2.45) is 0 Å². The van der Waals surface area contributed by atoms with Crippen LogP contribution < -0.4 is 5.32 Å². The Balaban J connectivity index is 2.10. The van der Waals surface area contributed by atoms with Crippen LogP contribution in [0.1, 0.15) is 24.5 Å². The summed E-state index contributed by atoms with van der Waals surface area (Å²) in [4.78, 5) is 24.9. The summed E-state index contributed by atoms with van der Waals surface area (Å²) in [5.74, 6) is -0.467. The summed E-state index contributed by atoms with van der Waals surface area (Å²) >= 11 is 0. The third-order valence-corrected chi connectivity index (χ3v) is 3.34. The first-order valence-corrected chi connectivity index (χ1v) is 6.55. The lowest BCUT2D eigenvalue weighted by molar-refractivity contribution is -0.144. The number of carbonyl (C=O) groups is 2. The van der Waals surface area contributed by atoms with Crippen molar-refractivity contribution in [1.29, 1.82) is 0 Å². The molecule has 0 aliphatic carbocycles. The number of piperazine rings is 1. The monoisotopic (exact) mass is 300 g/mol. The van der Waals surface area contributed by atoms with Crippen LogP contribution in [0.4, 0.5) is 13.2 Å². The standard InChI is InChI=1S/C14H15F3N2O2/c1-2-11-13(21)19(8-12(20)18-11)7-9-3-5-10(6-4-9)14(15,16)17/h3-6,11H,2,7-8H2,1H3,(H,18,20). The minimum atomic E-state index is -4.38. The Kier molecular flexibility index (Phi) is 4.20. The molecule has 2 rings (SSSR count). The molecule has 0 aromatic heterocycles. The second kappa shape index (κ2) is 5.75. The zero-order valence-corrected chi connectivity index (χ0v) is 11.4. The van der Waals surface area contributed by atoms with Crippen LogP contribution in [0, 0.1) is 0 Å². The van der Waals surface area contributed by atoms with E-state index in [0.717, 1.165) is 12.1 Å². The second-order valence-electron chi connectivity index (χ2n) is 4.92. The highest BCUT2D eigenvalue weighted by Crippen LogP contribution is 2.29. The minimum Gasteiger partial charge on any atom is -0.343 e. The third-order valence-electron chi connectivity index (χ3n) is 3.34. The van der Waals surface area contributed by atoms with E-state index in [1.807, 2.05) is 0 Å². The Labute approximate surface area is 119 Å². The average molecular weight is 300 g/mol. The van der Waals surface area contributed by atoms with Crippen molar-refractivity contribution < 1.29 is 22.8 Å². The van der Waals surface area contributed by atoms with Gasteiger partial charge in [0.05, 0.1) is 12.1 Å². The third kappa shape index (κ3) is 3.53. The Hall–Kier alpha value is -2.05. The lowest BCUT2D eigenvalue weighted by Crippen LogP contribution is -2.57. The molecule has 1 saturated heterocycles. The van der Waals surface area contributed by atoms with Crippen LogP contribution in [-0.4, -0.2) is 29.3 Å². The molecule has 1 aliphatic heterocycles. The van der Waals surface area contributed by atoms with E-state index in [-0.39, 0.29) is 24.9 Å². The smallest absolute Gasteiger partial charge is 0.343 e. The predicted molar refractivity (Wildman–Crippen MR) is 69.1 cm³/mol. The van der Waals surface area contributed by atoms with Crippen LogP contribution in [0.2, 0.25) is 0 Å². The summed E-state index contributed by atoms with van der Waals surface area (Å²) in [6, 6.07) is 4.04. The largest absolute Gasteiger partial charge is 0.416 e. The summed E-state index contributed by atoms with van der Waals surface area (Å²) in [7, 11) is 0. The van der Waals surface area contributed by atoms with E-state index in [1.165, 1.54) is 17.0 Å². The van der Waals surface area contributed by atoms with Crippen LogP contribution in [0.3, 0.4) is 0 Å². The van der Waals surface area contributed by atoms with Crippen molar-refractivity contribution in [3.8, 4) is 0 Å². The van der Waals surface area contributed by atoms with E-state index in [2.05, 4.69) is 5.32 Å². The molecule has 7 heteroatoms. The quantitative estimate of drug-likeness (QED) is 0.927. The molecular formula is C14H15F3N2O2. The highest BCUT2D eigenvalue weighted by Gasteiger charge is 2.32. The number of hydrogen-bond donors (Lipinski definition) is 1. The lowest BCUT2D eigenvalue weighted by Gasteiger charge is -2.32. The first-order chi connectivity index (χ1) is 9.81. The molecule has 21 heavy (non-hydrogen) atoms. The highest BCUT2D eigenvalue weighted by molar-refractivity contribution is 5.94. The SMILES string of the molecule is CCC1NC(=O)CN(Cc2ccc(C(F)(F)F)cc2)C1=O. The van der Waals surface area contributed by atoms with Crippen LogP contribution in [0.15, 0.2) is 24.3 Å². The van der Waals surface area contributed by atoms with Crippen molar-refractivity contribution in [2.45, 2.75) is 32.1 Å². The van der Waals surface area contributed by atoms with Crippen molar-refractivity contribution >= 4 is 11.8 Å². The van der Waals surface area contributed by atoms with Gasteiger partial charge >= 0.3 is 6.18 Å². The zero-order valence-electron chi connectivity index (χ0n) is 11.4. The number of rotatable bonds is 3. The van der Waals surface area contributed by atoms with Gasteiger partial charge in [-0.25, -0.2) is 0 Å². The number of halogens is 3. The van der Waals surface area contributed by atoms with E-state index >= 15 is 0 Å². The van der Waals surface area contributed by atoms with Gasteiger partial charge in [-0.05, 0) is 24.1 Å². The van der Waals surface area contributed by atoms with Crippen LogP contribution >= 0.6 is 0 Å². The topological polar surface area (TPSA) is 49.4 Å². The Morgan fingerprint density at radius 2 is 1.86 bits per heavy atom. The molecular weight excluding hydrogens is 285 g/mol. The molecule has 1 unspecified atom stereocenters. The number of nitrogens with one attached hydrogen (secondary N) is 1.